The van der Waals surface area contributed by atoms with E-state index in [4.69, 9.17) is 16.7 Å². The number of nitrogens with zero attached hydrogens (tertiary/aromatic N) is 6. The van der Waals surface area contributed by atoms with Gasteiger partial charge in [-0.05, 0) is 19.8 Å². The molecule has 9 nitrogen and oxygen atoms in total. The standard InChI is InChI=1S/C14H17ClN6O3/c1-2-20-12(10(15)6-16-20)13(22)19-5-3-4-9(7-19)21-8-11(14(23)24)17-18-21/h6,8-9H,2-5,7H2,1H3,(H,23,24). The molecule has 24 heavy (non-hydrogen) atoms. The Labute approximate surface area is 142 Å². The number of hydrogen-bond donors (Lipinski definition) is 1. The number of aromatic carboxylic acids is 1. The van der Waals surface area contributed by atoms with Crippen molar-refractivity contribution >= 4 is 23.5 Å². The number of rotatable bonds is 4. The minimum Gasteiger partial charge on any atom is -0.476 e. The molecule has 1 amide bonds. The Morgan fingerprint density at radius 2 is 2.25 bits per heavy atom. The molecule has 1 aliphatic rings. The van der Waals surface area contributed by atoms with Gasteiger partial charge in [-0.2, -0.15) is 5.10 Å². The number of aryl methyl sites for hydroxylation is 1. The number of likely N-dealkylation sites (tertiary alicyclic amines) is 1. The zero-order valence-corrected chi connectivity index (χ0v) is 13.8. The molecule has 1 atom stereocenters. The molecule has 0 radical (unpaired) electrons. The summed E-state index contributed by atoms with van der Waals surface area (Å²) in [5.74, 6) is -1.30. The monoisotopic (exact) mass is 352 g/mol. The number of carboxylic acids is 1. The quantitative estimate of drug-likeness (QED) is 0.889. The molecule has 3 rings (SSSR count). The zero-order valence-electron chi connectivity index (χ0n) is 13.1. The Morgan fingerprint density at radius 1 is 1.46 bits per heavy atom. The Kier molecular flexibility index (Phi) is 4.52. The van der Waals surface area contributed by atoms with Gasteiger partial charge in [-0.25, -0.2) is 9.48 Å². The number of hydrogen-bond acceptors (Lipinski definition) is 5. The van der Waals surface area contributed by atoms with Gasteiger partial charge in [0.2, 0.25) is 0 Å². The summed E-state index contributed by atoms with van der Waals surface area (Å²) in [4.78, 5) is 25.4. The lowest BCUT2D eigenvalue weighted by atomic mass is 10.1. The summed E-state index contributed by atoms with van der Waals surface area (Å²) in [7, 11) is 0. The summed E-state index contributed by atoms with van der Waals surface area (Å²) in [6.07, 6.45) is 4.45. The van der Waals surface area contributed by atoms with Gasteiger partial charge in [0, 0.05) is 19.6 Å². The van der Waals surface area contributed by atoms with E-state index < -0.39 is 5.97 Å². The van der Waals surface area contributed by atoms with Crippen LogP contribution in [0.4, 0.5) is 0 Å². The third-order valence-corrected chi connectivity index (χ3v) is 4.36. The van der Waals surface area contributed by atoms with E-state index in [-0.39, 0.29) is 17.6 Å². The normalized spacial score (nSPS) is 17.9. The first-order chi connectivity index (χ1) is 11.5. The van der Waals surface area contributed by atoms with E-state index in [0.717, 1.165) is 12.8 Å². The van der Waals surface area contributed by atoms with Crippen LogP contribution in [0.15, 0.2) is 12.4 Å². The van der Waals surface area contributed by atoms with Crippen molar-refractivity contribution in [3.63, 3.8) is 0 Å². The van der Waals surface area contributed by atoms with E-state index in [1.165, 1.54) is 17.1 Å². The predicted octanol–water partition coefficient (Wildman–Crippen LogP) is 1.32. The summed E-state index contributed by atoms with van der Waals surface area (Å²) in [6, 6.07) is -0.111. The minimum absolute atomic E-state index is 0.106. The highest BCUT2D eigenvalue weighted by molar-refractivity contribution is 6.33. The highest BCUT2D eigenvalue weighted by atomic mass is 35.5. The fraction of sp³-hybridized carbons (Fsp3) is 0.500. The van der Waals surface area contributed by atoms with Crippen molar-refractivity contribution < 1.29 is 14.7 Å². The van der Waals surface area contributed by atoms with Crippen molar-refractivity contribution in [1.82, 2.24) is 29.7 Å². The molecular weight excluding hydrogens is 336 g/mol. The maximum Gasteiger partial charge on any atom is 0.358 e. The van der Waals surface area contributed by atoms with Gasteiger partial charge in [-0.15, -0.1) is 5.10 Å². The Balaban J connectivity index is 1.78. The van der Waals surface area contributed by atoms with Crippen LogP contribution < -0.4 is 0 Å². The molecule has 1 aliphatic heterocycles. The van der Waals surface area contributed by atoms with E-state index in [1.807, 2.05) is 6.92 Å². The first-order valence-corrected chi connectivity index (χ1v) is 8.04. The van der Waals surface area contributed by atoms with Crippen LogP contribution >= 0.6 is 11.6 Å². The molecular formula is C14H17ClN6O3. The molecule has 3 heterocycles. The van der Waals surface area contributed by atoms with E-state index in [0.29, 0.717) is 30.4 Å². The number of halogens is 1. The van der Waals surface area contributed by atoms with E-state index in [2.05, 4.69) is 15.4 Å². The summed E-state index contributed by atoms with van der Waals surface area (Å²) in [6.45, 7) is 3.48. The molecule has 0 saturated carbocycles. The molecule has 0 aliphatic carbocycles. The lowest BCUT2D eigenvalue weighted by Gasteiger charge is -2.32. The molecule has 128 valence electrons. The van der Waals surface area contributed by atoms with Crippen molar-refractivity contribution in [1.29, 1.82) is 0 Å². The summed E-state index contributed by atoms with van der Waals surface area (Å²) in [5, 5.41) is 20.9. The molecule has 1 fully saturated rings. The fourth-order valence-electron chi connectivity index (χ4n) is 2.87. The van der Waals surface area contributed by atoms with E-state index in [9.17, 15) is 9.59 Å². The first kappa shape index (κ1) is 16.4. The lowest BCUT2D eigenvalue weighted by molar-refractivity contribution is 0.0655. The number of carbonyl (C=O) groups is 2. The molecule has 0 spiro atoms. The third-order valence-electron chi connectivity index (χ3n) is 4.08. The number of aromatic nitrogens is 5. The van der Waals surface area contributed by atoms with Crippen LogP contribution in [0.2, 0.25) is 5.02 Å². The Hall–Kier alpha value is -2.42. The van der Waals surface area contributed by atoms with Gasteiger partial charge in [-0.3, -0.25) is 9.48 Å². The van der Waals surface area contributed by atoms with Gasteiger partial charge in [0.05, 0.1) is 23.5 Å². The topological polar surface area (TPSA) is 106 Å². The van der Waals surface area contributed by atoms with Gasteiger partial charge >= 0.3 is 5.97 Å². The molecule has 0 bridgehead atoms. The molecule has 2 aromatic heterocycles. The van der Waals surface area contributed by atoms with Crippen LogP contribution in [0.3, 0.4) is 0 Å². The smallest absolute Gasteiger partial charge is 0.358 e. The summed E-state index contributed by atoms with van der Waals surface area (Å²) >= 11 is 6.11. The van der Waals surface area contributed by atoms with Crippen LogP contribution in [0.1, 0.15) is 46.8 Å². The molecule has 0 aromatic carbocycles. The summed E-state index contributed by atoms with van der Waals surface area (Å²) in [5.41, 5.74) is 0.273. The van der Waals surface area contributed by atoms with Gasteiger partial charge in [0.25, 0.3) is 5.91 Å². The van der Waals surface area contributed by atoms with Crippen LogP contribution in [-0.4, -0.2) is 59.7 Å². The van der Waals surface area contributed by atoms with E-state index in [1.54, 1.807) is 9.58 Å². The second-order valence-electron chi connectivity index (χ2n) is 5.59. The minimum atomic E-state index is -1.12. The molecule has 2 aromatic rings. The van der Waals surface area contributed by atoms with Crippen molar-refractivity contribution in [2.45, 2.75) is 32.4 Å². The van der Waals surface area contributed by atoms with Crippen molar-refractivity contribution in [2.75, 3.05) is 13.1 Å². The van der Waals surface area contributed by atoms with Crippen LogP contribution in [-0.2, 0) is 6.54 Å². The molecule has 1 unspecified atom stereocenters. The molecule has 1 saturated heterocycles. The van der Waals surface area contributed by atoms with Gasteiger partial charge in [-0.1, -0.05) is 16.8 Å². The highest BCUT2D eigenvalue weighted by Gasteiger charge is 2.29. The second kappa shape index (κ2) is 6.60. The Morgan fingerprint density at radius 3 is 2.92 bits per heavy atom. The maximum absolute atomic E-state index is 12.8. The number of piperidine rings is 1. The highest BCUT2D eigenvalue weighted by Crippen LogP contribution is 2.24. The van der Waals surface area contributed by atoms with Crippen molar-refractivity contribution in [2.24, 2.45) is 0 Å². The largest absolute Gasteiger partial charge is 0.476 e. The number of carbonyl (C=O) groups excluding carboxylic acids is 1. The van der Waals surface area contributed by atoms with Gasteiger partial charge in [0.15, 0.2) is 5.69 Å². The maximum atomic E-state index is 12.8. The van der Waals surface area contributed by atoms with E-state index >= 15 is 0 Å². The lowest BCUT2D eigenvalue weighted by Crippen LogP contribution is -2.41. The van der Waals surface area contributed by atoms with Crippen molar-refractivity contribution in [3.05, 3.63) is 28.8 Å². The molecule has 10 heteroatoms. The SMILES string of the molecule is CCn1ncc(Cl)c1C(=O)N1CCCC(n2cc(C(=O)O)nn2)C1. The average Bonchev–Trinajstić information content (AvgIpc) is 3.21. The third kappa shape index (κ3) is 2.99. The van der Waals surface area contributed by atoms with Gasteiger partial charge in [0.1, 0.15) is 5.69 Å². The average molecular weight is 353 g/mol. The zero-order chi connectivity index (χ0) is 17.3. The van der Waals surface area contributed by atoms with Crippen molar-refractivity contribution in [3.8, 4) is 0 Å². The summed E-state index contributed by atoms with van der Waals surface area (Å²) < 4.78 is 3.09. The second-order valence-corrected chi connectivity index (χ2v) is 6.00. The molecule has 1 N–H and O–H groups in total. The predicted molar refractivity (Wildman–Crippen MR) is 84.1 cm³/mol. The Bertz CT molecular complexity index is 770. The first-order valence-electron chi connectivity index (χ1n) is 7.67. The van der Waals surface area contributed by atoms with Crippen LogP contribution in [0.25, 0.3) is 0 Å². The fourth-order valence-corrected chi connectivity index (χ4v) is 3.09. The van der Waals surface area contributed by atoms with Gasteiger partial charge < -0.3 is 10.0 Å². The number of amides is 1. The van der Waals surface area contributed by atoms with Crippen LogP contribution in [0.5, 0.6) is 0 Å². The number of carboxylic acid groups (broad SMARTS) is 1. The van der Waals surface area contributed by atoms with Crippen LogP contribution in [0, 0.1) is 0 Å².